The second-order valence-electron chi connectivity index (χ2n) is 4.33. The van der Waals surface area contributed by atoms with E-state index in [1.807, 2.05) is 31.2 Å². The zero-order valence-electron chi connectivity index (χ0n) is 11.5. The number of nitrogens with one attached hydrogen (secondary N) is 1. The third-order valence-corrected chi connectivity index (χ3v) is 2.77. The lowest BCUT2D eigenvalue weighted by molar-refractivity contribution is 0.297. The number of hydrogen-bond donors (Lipinski definition) is 2. The standard InChI is InChI=1S/C15H19N3O2/c1-2-16-15-10-17-13(9-18-15)11-20-14-5-3-12(4-6-14)7-8-19/h3-6,9-10,19H,2,7-8,11H2,1H3,(H,16,18). The number of aromatic nitrogens is 2. The molecule has 0 aliphatic rings. The van der Waals surface area contributed by atoms with Gasteiger partial charge < -0.3 is 15.2 Å². The maximum absolute atomic E-state index is 8.85. The molecule has 0 fully saturated rings. The van der Waals surface area contributed by atoms with Gasteiger partial charge in [-0.05, 0) is 31.0 Å². The highest BCUT2D eigenvalue weighted by molar-refractivity contribution is 5.31. The van der Waals surface area contributed by atoms with Gasteiger partial charge in [0.25, 0.3) is 0 Å². The summed E-state index contributed by atoms with van der Waals surface area (Å²) < 4.78 is 5.64. The summed E-state index contributed by atoms with van der Waals surface area (Å²) in [4.78, 5) is 8.51. The molecule has 2 aromatic rings. The van der Waals surface area contributed by atoms with E-state index in [4.69, 9.17) is 9.84 Å². The SMILES string of the molecule is CCNc1cnc(COc2ccc(CCO)cc2)cn1. The Morgan fingerprint density at radius 3 is 2.55 bits per heavy atom. The van der Waals surface area contributed by atoms with Gasteiger partial charge in [-0.25, -0.2) is 4.98 Å². The van der Waals surface area contributed by atoms with Crippen molar-refractivity contribution in [3.63, 3.8) is 0 Å². The van der Waals surface area contributed by atoms with Gasteiger partial charge >= 0.3 is 0 Å². The van der Waals surface area contributed by atoms with Gasteiger partial charge in [0.2, 0.25) is 0 Å². The largest absolute Gasteiger partial charge is 0.487 e. The van der Waals surface area contributed by atoms with Crippen LogP contribution < -0.4 is 10.1 Å². The maximum atomic E-state index is 8.85. The fraction of sp³-hybridized carbons (Fsp3) is 0.333. The minimum Gasteiger partial charge on any atom is -0.487 e. The van der Waals surface area contributed by atoms with Crippen molar-refractivity contribution < 1.29 is 9.84 Å². The normalized spacial score (nSPS) is 10.3. The van der Waals surface area contributed by atoms with Gasteiger partial charge in [-0.15, -0.1) is 0 Å². The van der Waals surface area contributed by atoms with E-state index in [2.05, 4.69) is 15.3 Å². The van der Waals surface area contributed by atoms with Crippen molar-refractivity contribution >= 4 is 5.82 Å². The van der Waals surface area contributed by atoms with E-state index in [9.17, 15) is 0 Å². The summed E-state index contributed by atoms with van der Waals surface area (Å²) in [7, 11) is 0. The molecule has 5 heteroatoms. The van der Waals surface area contributed by atoms with Crippen LogP contribution in [-0.4, -0.2) is 28.2 Å². The number of ether oxygens (including phenoxy) is 1. The van der Waals surface area contributed by atoms with Crippen LogP contribution in [0.15, 0.2) is 36.7 Å². The lowest BCUT2D eigenvalue weighted by atomic mass is 10.1. The summed E-state index contributed by atoms with van der Waals surface area (Å²) in [6.45, 7) is 3.39. The van der Waals surface area contributed by atoms with Crippen molar-refractivity contribution in [1.29, 1.82) is 0 Å². The predicted octanol–water partition coefficient (Wildman–Crippen LogP) is 2.02. The van der Waals surface area contributed by atoms with Gasteiger partial charge in [0.05, 0.1) is 18.1 Å². The first-order valence-corrected chi connectivity index (χ1v) is 6.69. The number of aliphatic hydroxyl groups is 1. The highest BCUT2D eigenvalue weighted by Crippen LogP contribution is 2.14. The van der Waals surface area contributed by atoms with Crippen molar-refractivity contribution in [2.45, 2.75) is 20.0 Å². The third kappa shape index (κ3) is 4.20. The molecule has 0 radical (unpaired) electrons. The minimum absolute atomic E-state index is 0.161. The fourth-order valence-electron chi connectivity index (χ4n) is 1.74. The van der Waals surface area contributed by atoms with E-state index >= 15 is 0 Å². The van der Waals surface area contributed by atoms with Crippen LogP contribution >= 0.6 is 0 Å². The van der Waals surface area contributed by atoms with Gasteiger partial charge in [-0.3, -0.25) is 4.98 Å². The first-order chi connectivity index (χ1) is 9.81. The third-order valence-electron chi connectivity index (χ3n) is 2.77. The van der Waals surface area contributed by atoms with Gasteiger partial charge in [-0.1, -0.05) is 12.1 Å². The Bertz CT molecular complexity index is 462. The van der Waals surface area contributed by atoms with Crippen LogP contribution in [0.3, 0.4) is 0 Å². The molecule has 2 N–H and O–H groups in total. The van der Waals surface area contributed by atoms with Crippen molar-refractivity contribution in [2.24, 2.45) is 0 Å². The topological polar surface area (TPSA) is 67.3 Å². The molecule has 106 valence electrons. The summed E-state index contributed by atoms with van der Waals surface area (Å²) in [5, 5.41) is 11.9. The summed E-state index contributed by atoms with van der Waals surface area (Å²) in [5.41, 5.74) is 1.88. The van der Waals surface area contributed by atoms with Gasteiger partial charge in [0.1, 0.15) is 18.2 Å². The van der Waals surface area contributed by atoms with Crippen LogP contribution in [0.2, 0.25) is 0 Å². The van der Waals surface area contributed by atoms with Crippen LogP contribution in [-0.2, 0) is 13.0 Å². The molecule has 5 nitrogen and oxygen atoms in total. The van der Waals surface area contributed by atoms with Gasteiger partial charge in [0.15, 0.2) is 0 Å². The molecule has 0 aliphatic heterocycles. The van der Waals surface area contributed by atoms with E-state index in [1.165, 1.54) is 0 Å². The Morgan fingerprint density at radius 2 is 1.95 bits per heavy atom. The van der Waals surface area contributed by atoms with E-state index in [0.29, 0.717) is 13.0 Å². The van der Waals surface area contributed by atoms with Crippen molar-refractivity contribution in [3.8, 4) is 5.75 Å². The number of rotatable bonds is 7. The number of hydrogen-bond acceptors (Lipinski definition) is 5. The van der Waals surface area contributed by atoms with Crippen LogP contribution in [0.4, 0.5) is 5.82 Å². The number of aliphatic hydroxyl groups excluding tert-OH is 1. The van der Waals surface area contributed by atoms with Crippen molar-refractivity contribution in [2.75, 3.05) is 18.5 Å². The summed E-state index contributed by atoms with van der Waals surface area (Å²) >= 11 is 0. The van der Waals surface area contributed by atoms with Gasteiger partial charge in [-0.2, -0.15) is 0 Å². The fourth-order valence-corrected chi connectivity index (χ4v) is 1.74. The van der Waals surface area contributed by atoms with Crippen molar-refractivity contribution in [1.82, 2.24) is 9.97 Å². The maximum Gasteiger partial charge on any atom is 0.144 e. The molecule has 0 saturated heterocycles. The average molecular weight is 273 g/mol. The average Bonchev–Trinajstić information content (AvgIpc) is 2.49. The van der Waals surface area contributed by atoms with Crippen LogP contribution in [0.25, 0.3) is 0 Å². The highest BCUT2D eigenvalue weighted by atomic mass is 16.5. The lowest BCUT2D eigenvalue weighted by Crippen LogP contribution is -2.03. The zero-order valence-corrected chi connectivity index (χ0v) is 11.5. The Hall–Kier alpha value is -2.14. The molecular formula is C15H19N3O2. The number of anilines is 1. The Labute approximate surface area is 118 Å². The van der Waals surface area contributed by atoms with E-state index in [0.717, 1.165) is 29.4 Å². The van der Waals surface area contributed by atoms with E-state index in [1.54, 1.807) is 12.4 Å². The molecule has 1 aromatic carbocycles. The minimum atomic E-state index is 0.161. The molecule has 0 atom stereocenters. The first kappa shape index (κ1) is 14.3. The lowest BCUT2D eigenvalue weighted by Gasteiger charge is -2.07. The van der Waals surface area contributed by atoms with Crippen molar-refractivity contribution in [3.05, 3.63) is 47.9 Å². The molecular weight excluding hydrogens is 254 g/mol. The molecule has 0 unspecified atom stereocenters. The molecule has 0 saturated carbocycles. The summed E-state index contributed by atoms with van der Waals surface area (Å²) in [5.74, 6) is 1.55. The smallest absolute Gasteiger partial charge is 0.144 e. The quantitative estimate of drug-likeness (QED) is 0.808. The predicted molar refractivity (Wildman–Crippen MR) is 77.8 cm³/mol. The zero-order chi connectivity index (χ0) is 14.2. The van der Waals surface area contributed by atoms with E-state index in [-0.39, 0.29) is 6.61 Å². The molecule has 2 rings (SSSR count). The highest BCUT2D eigenvalue weighted by Gasteiger charge is 1.99. The molecule has 1 heterocycles. The second kappa shape index (κ2) is 7.45. The summed E-state index contributed by atoms with van der Waals surface area (Å²) in [6.07, 6.45) is 4.07. The van der Waals surface area contributed by atoms with Crippen LogP contribution in [0, 0.1) is 0 Å². The molecule has 0 aliphatic carbocycles. The number of benzene rings is 1. The molecule has 1 aromatic heterocycles. The first-order valence-electron chi connectivity index (χ1n) is 6.69. The molecule has 0 amide bonds. The second-order valence-corrected chi connectivity index (χ2v) is 4.33. The van der Waals surface area contributed by atoms with Gasteiger partial charge in [0, 0.05) is 13.2 Å². The van der Waals surface area contributed by atoms with E-state index < -0.39 is 0 Å². The molecule has 20 heavy (non-hydrogen) atoms. The Morgan fingerprint density at radius 1 is 1.15 bits per heavy atom. The Balaban J connectivity index is 1.87. The van der Waals surface area contributed by atoms with Crippen LogP contribution in [0.5, 0.6) is 5.75 Å². The number of nitrogens with zero attached hydrogens (tertiary/aromatic N) is 2. The summed E-state index contributed by atoms with van der Waals surface area (Å²) in [6, 6.07) is 7.69. The molecule has 0 bridgehead atoms. The monoisotopic (exact) mass is 273 g/mol. The molecule has 0 spiro atoms. The Kier molecular flexibility index (Phi) is 5.32. The van der Waals surface area contributed by atoms with Crippen LogP contribution in [0.1, 0.15) is 18.2 Å².